The molecule has 0 heterocycles. The summed E-state index contributed by atoms with van der Waals surface area (Å²) >= 11 is 3.30. The standard InChI is InChI=1S/C15H13BrO3/c1-10(17)15(19,11-6-8-12(16)9-7-11)13-4-2-3-5-14(13)18/h2-9,18-19H,1H3. The summed E-state index contributed by atoms with van der Waals surface area (Å²) in [6.45, 7) is 1.30. The van der Waals surface area contributed by atoms with Gasteiger partial charge in [-0.2, -0.15) is 0 Å². The lowest BCUT2D eigenvalue weighted by atomic mass is 9.83. The normalized spacial score (nSPS) is 13.8. The molecule has 0 aliphatic rings. The van der Waals surface area contributed by atoms with E-state index in [1.807, 2.05) is 0 Å². The van der Waals surface area contributed by atoms with Crippen molar-refractivity contribution < 1.29 is 15.0 Å². The first kappa shape index (κ1) is 13.8. The fourth-order valence-electron chi connectivity index (χ4n) is 2.02. The maximum absolute atomic E-state index is 11.9. The zero-order chi connectivity index (χ0) is 14.0. The first-order valence-electron chi connectivity index (χ1n) is 5.74. The van der Waals surface area contributed by atoms with Gasteiger partial charge in [-0.15, -0.1) is 0 Å². The number of phenols is 1. The molecule has 0 spiro atoms. The largest absolute Gasteiger partial charge is 0.508 e. The van der Waals surface area contributed by atoms with Gasteiger partial charge in [0.2, 0.25) is 0 Å². The number of para-hydroxylation sites is 1. The summed E-state index contributed by atoms with van der Waals surface area (Å²) in [5.41, 5.74) is -1.24. The average molecular weight is 321 g/mol. The van der Waals surface area contributed by atoms with Gasteiger partial charge in [-0.3, -0.25) is 4.79 Å². The molecule has 2 N–H and O–H groups in total. The Morgan fingerprint density at radius 1 is 1.11 bits per heavy atom. The van der Waals surface area contributed by atoms with Gasteiger partial charge in [0.25, 0.3) is 0 Å². The number of carbonyl (C=O) groups excluding carboxylic acids is 1. The summed E-state index contributed by atoms with van der Waals surface area (Å²) in [6, 6.07) is 13.1. The van der Waals surface area contributed by atoms with E-state index >= 15 is 0 Å². The van der Waals surface area contributed by atoms with E-state index in [9.17, 15) is 15.0 Å². The van der Waals surface area contributed by atoms with Crippen molar-refractivity contribution >= 4 is 21.7 Å². The molecule has 0 amide bonds. The fraction of sp³-hybridized carbons (Fsp3) is 0.133. The quantitative estimate of drug-likeness (QED) is 0.914. The number of hydrogen-bond donors (Lipinski definition) is 2. The smallest absolute Gasteiger partial charge is 0.176 e. The highest BCUT2D eigenvalue weighted by atomic mass is 79.9. The first-order chi connectivity index (χ1) is 8.96. The fourth-order valence-corrected chi connectivity index (χ4v) is 2.28. The van der Waals surface area contributed by atoms with Gasteiger partial charge in [0.15, 0.2) is 11.4 Å². The van der Waals surface area contributed by atoms with Gasteiger partial charge in [-0.05, 0) is 30.7 Å². The van der Waals surface area contributed by atoms with Crippen LogP contribution in [0.3, 0.4) is 0 Å². The Morgan fingerprint density at radius 3 is 2.21 bits per heavy atom. The number of rotatable bonds is 3. The molecule has 0 fully saturated rings. The summed E-state index contributed by atoms with van der Waals surface area (Å²) in [5, 5.41) is 20.7. The molecule has 3 nitrogen and oxygen atoms in total. The third-order valence-electron chi connectivity index (χ3n) is 3.07. The van der Waals surface area contributed by atoms with Crippen LogP contribution in [0.1, 0.15) is 18.1 Å². The molecule has 0 aromatic heterocycles. The monoisotopic (exact) mass is 320 g/mol. The van der Waals surface area contributed by atoms with E-state index in [1.165, 1.54) is 13.0 Å². The minimum atomic E-state index is -1.84. The molecule has 19 heavy (non-hydrogen) atoms. The van der Waals surface area contributed by atoms with Gasteiger partial charge in [-0.1, -0.05) is 46.3 Å². The van der Waals surface area contributed by atoms with Crippen LogP contribution in [0.2, 0.25) is 0 Å². The van der Waals surface area contributed by atoms with Gasteiger partial charge in [-0.25, -0.2) is 0 Å². The van der Waals surface area contributed by atoms with Crippen molar-refractivity contribution in [3.8, 4) is 5.75 Å². The van der Waals surface area contributed by atoms with Crippen molar-refractivity contribution in [2.75, 3.05) is 0 Å². The number of benzene rings is 2. The van der Waals surface area contributed by atoms with Crippen LogP contribution in [0.5, 0.6) is 5.75 Å². The molecular weight excluding hydrogens is 308 g/mol. The van der Waals surface area contributed by atoms with Crippen molar-refractivity contribution in [2.45, 2.75) is 12.5 Å². The Hall–Kier alpha value is -1.65. The average Bonchev–Trinajstić information content (AvgIpc) is 2.39. The van der Waals surface area contributed by atoms with Crippen molar-refractivity contribution in [3.63, 3.8) is 0 Å². The van der Waals surface area contributed by atoms with Gasteiger partial charge in [0.05, 0.1) is 0 Å². The third-order valence-corrected chi connectivity index (χ3v) is 3.59. The van der Waals surface area contributed by atoms with Crippen LogP contribution < -0.4 is 0 Å². The highest BCUT2D eigenvalue weighted by Crippen LogP contribution is 2.36. The summed E-state index contributed by atoms with van der Waals surface area (Å²) < 4.78 is 0.847. The Bertz CT molecular complexity index is 607. The van der Waals surface area contributed by atoms with Crippen molar-refractivity contribution in [1.82, 2.24) is 0 Å². The van der Waals surface area contributed by atoms with Gasteiger partial charge in [0.1, 0.15) is 5.75 Å². The SMILES string of the molecule is CC(=O)C(O)(c1ccc(Br)cc1)c1ccccc1O. The molecular formula is C15H13BrO3. The number of ketones is 1. The molecule has 0 saturated carbocycles. The maximum atomic E-state index is 11.9. The topological polar surface area (TPSA) is 57.5 Å². The summed E-state index contributed by atoms with van der Waals surface area (Å²) in [6.07, 6.45) is 0. The molecule has 1 unspecified atom stereocenters. The lowest BCUT2D eigenvalue weighted by molar-refractivity contribution is -0.132. The molecule has 0 aliphatic carbocycles. The number of aromatic hydroxyl groups is 1. The minimum Gasteiger partial charge on any atom is -0.508 e. The lowest BCUT2D eigenvalue weighted by Crippen LogP contribution is -2.35. The van der Waals surface area contributed by atoms with E-state index in [4.69, 9.17) is 0 Å². The molecule has 1 atom stereocenters. The number of carbonyl (C=O) groups is 1. The van der Waals surface area contributed by atoms with E-state index in [1.54, 1.807) is 42.5 Å². The van der Waals surface area contributed by atoms with E-state index < -0.39 is 11.4 Å². The van der Waals surface area contributed by atoms with Crippen molar-refractivity contribution in [2.24, 2.45) is 0 Å². The summed E-state index contributed by atoms with van der Waals surface area (Å²) in [4.78, 5) is 11.9. The first-order valence-corrected chi connectivity index (χ1v) is 6.53. The Labute approximate surface area is 119 Å². The van der Waals surface area contributed by atoms with Gasteiger partial charge in [0, 0.05) is 10.0 Å². The lowest BCUT2D eigenvalue weighted by Gasteiger charge is -2.27. The number of Topliss-reactive ketones (excluding diaryl/α,β-unsaturated/α-hetero) is 1. The second-order valence-electron chi connectivity index (χ2n) is 4.29. The second kappa shape index (κ2) is 5.15. The number of phenolic OH excluding ortho intramolecular Hbond substituents is 1. The molecule has 4 heteroatoms. The van der Waals surface area contributed by atoms with Crippen LogP contribution in [0.25, 0.3) is 0 Å². The van der Waals surface area contributed by atoms with Crippen LogP contribution in [0.15, 0.2) is 53.0 Å². The van der Waals surface area contributed by atoms with Crippen LogP contribution in [0, 0.1) is 0 Å². The molecule has 0 radical (unpaired) electrons. The Kier molecular flexibility index (Phi) is 3.73. The number of hydrogen-bond acceptors (Lipinski definition) is 3. The van der Waals surface area contributed by atoms with Crippen LogP contribution in [-0.4, -0.2) is 16.0 Å². The van der Waals surface area contributed by atoms with Crippen LogP contribution in [0.4, 0.5) is 0 Å². The number of halogens is 1. The molecule has 2 rings (SSSR count). The highest BCUT2D eigenvalue weighted by Gasteiger charge is 2.38. The molecule has 0 aliphatic heterocycles. The predicted molar refractivity (Wildman–Crippen MR) is 75.9 cm³/mol. The van der Waals surface area contributed by atoms with Crippen molar-refractivity contribution in [1.29, 1.82) is 0 Å². The van der Waals surface area contributed by atoms with E-state index in [-0.39, 0.29) is 11.3 Å². The van der Waals surface area contributed by atoms with Crippen molar-refractivity contribution in [3.05, 3.63) is 64.1 Å². The Balaban J connectivity index is 2.65. The third kappa shape index (κ3) is 2.41. The zero-order valence-electron chi connectivity index (χ0n) is 10.3. The second-order valence-corrected chi connectivity index (χ2v) is 5.21. The Morgan fingerprint density at radius 2 is 1.68 bits per heavy atom. The molecule has 0 saturated heterocycles. The van der Waals surface area contributed by atoms with E-state index in [2.05, 4.69) is 15.9 Å². The molecule has 0 bridgehead atoms. The molecule has 2 aromatic rings. The maximum Gasteiger partial charge on any atom is 0.176 e. The van der Waals surface area contributed by atoms with Crippen LogP contribution >= 0.6 is 15.9 Å². The zero-order valence-corrected chi connectivity index (χ0v) is 11.9. The van der Waals surface area contributed by atoms with Crippen LogP contribution in [-0.2, 0) is 10.4 Å². The minimum absolute atomic E-state index is 0.108. The van der Waals surface area contributed by atoms with Gasteiger partial charge < -0.3 is 10.2 Å². The van der Waals surface area contributed by atoms with E-state index in [0.29, 0.717) is 5.56 Å². The van der Waals surface area contributed by atoms with E-state index in [0.717, 1.165) is 4.47 Å². The predicted octanol–water partition coefficient (Wildman–Crippen LogP) is 2.98. The highest BCUT2D eigenvalue weighted by molar-refractivity contribution is 9.10. The van der Waals surface area contributed by atoms with Gasteiger partial charge >= 0.3 is 0 Å². The summed E-state index contributed by atoms with van der Waals surface area (Å²) in [5.74, 6) is -0.556. The molecule has 2 aromatic carbocycles. The number of aliphatic hydroxyl groups is 1. The summed E-state index contributed by atoms with van der Waals surface area (Å²) in [7, 11) is 0. The molecule has 98 valence electrons.